The minimum absolute atomic E-state index is 0.0976. The number of nitrogens with zero attached hydrogens (tertiary/aromatic N) is 3. The average molecular weight is 220 g/mol. The van der Waals surface area contributed by atoms with Gasteiger partial charge in [0.05, 0.1) is 12.2 Å². The first-order valence-electron chi connectivity index (χ1n) is 6.15. The third-order valence-corrected chi connectivity index (χ3v) is 3.84. The number of hydrogen-bond acceptors (Lipinski definition) is 3. The van der Waals surface area contributed by atoms with E-state index in [0.29, 0.717) is 6.04 Å². The van der Waals surface area contributed by atoms with Crippen LogP contribution in [0.25, 0.3) is 0 Å². The van der Waals surface area contributed by atoms with Crippen molar-refractivity contribution in [2.45, 2.75) is 37.3 Å². The predicted octanol–water partition coefficient (Wildman–Crippen LogP) is 0.793. The van der Waals surface area contributed by atoms with Crippen LogP contribution in [0.1, 0.15) is 30.9 Å². The normalized spacial score (nSPS) is 28.5. The minimum Gasteiger partial charge on any atom is -0.325 e. The largest absolute Gasteiger partial charge is 0.325 e. The van der Waals surface area contributed by atoms with Crippen LogP contribution in [0.2, 0.25) is 0 Å². The van der Waals surface area contributed by atoms with Crippen molar-refractivity contribution in [1.29, 1.82) is 0 Å². The molecule has 1 aromatic heterocycles. The van der Waals surface area contributed by atoms with Gasteiger partial charge in [-0.25, -0.2) is 0 Å². The zero-order valence-corrected chi connectivity index (χ0v) is 9.89. The highest BCUT2D eigenvalue weighted by Gasteiger charge is 2.38. The zero-order valence-electron chi connectivity index (χ0n) is 9.89. The number of rotatable bonds is 3. The molecule has 2 heterocycles. The molecule has 0 spiro atoms. The molecule has 2 fully saturated rings. The van der Waals surface area contributed by atoms with E-state index in [1.807, 2.05) is 6.20 Å². The van der Waals surface area contributed by atoms with E-state index in [0.717, 1.165) is 13.0 Å². The van der Waals surface area contributed by atoms with Crippen LogP contribution in [0.4, 0.5) is 0 Å². The first kappa shape index (κ1) is 10.3. The third-order valence-electron chi connectivity index (χ3n) is 3.84. The topological polar surface area (TPSA) is 47.1 Å². The average Bonchev–Trinajstić information content (AvgIpc) is 2.69. The van der Waals surface area contributed by atoms with Gasteiger partial charge in [-0.1, -0.05) is 0 Å². The molecular weight excluding hydrogens is 200 g/mol. The highest BCUT2D eigenvalue weighted by molar-refractivity contribution is 5.15. The molecular formula is C12H20N4. The molecule has 1 unspecified atom stereocenters. The Morgan fingerprint density at radius 3 is 3.00 bits per heavy atom. The molecule has 2 N–H and O–H groups in total. The lowest BCUT2D eigenvalue weighted by Gasteiger charge is -2.10. The number of likely N-dealkylation sites (tertiary alicyclic amines) is 1. The van der Waals surface area contributed by atoms with Crippen LogP contribution in [0, 0.1) is 0 Å². The Morgan fingerprint density at radius 1 is 1.56 bits per heavy atom. The van der Waals surface area contributed by atoms with Crippen molar-refractivity contribution in [2.75, 3.05) is 20.1 Å². The summed E-state index contributed by atoms with van der Waals surface area (Å²) in [4.78, 5) is 2.36. The molecule has 1 atom stereocenters. The van der Waals surface area contributed by atoms with Crippen LogP contribution in [0.3, 0.4) is 0 Å². The van der Waals surface area contributed by atoms with Crippen LogP contribution in [0.15, 0.2) is 12.4 Å². The van der Waals surface area contributed by atoms with Crippen LogP contribution < -0.4 is 5.73 Å². The Morgan fingerprint density at radius 2 is 2.38 bits per heavy atom. The maximum atomic E-state index is 6.12. The van der Waals surface area contributed by atoms with Crippen molar-refractivity contribution in [1.82, 2.24) is 14.7 Å². The van der Waals surface area contributed by atoms with E-state index in [-0.39, 0.29) is 5.54 Å². The highest BCUT2D eigenvalue weighted by atomic mass is 15.3. The van der Waals surface area contributed by atoms with Gasteiger partial charge < -0.3 is 10.6 Å². The summed E-state index contributed by atoms with van der Waals surface area (Å²) in [7, 11) is 2.17. The van der Waals surface area contributed by atoms with Crippen LogP contribution in [-0.4, -0.2) is 40.4 Å². The lowest BCUT2D eigenvalue weighted by Crippen LogP contribution is -2.24. The van der Waals surface area contributed by atoms with E-state index in [1.54, 1.807) is 0 Å². The van der Waals surface area contributed by atoms with Crippen molar-refractivity contribution < 1.29 is 0 Å². The molecule has 1 saturated heterocycles. The highest BCUT2D eigenvalue weighted by Crippen LogP contribution is 2.35. The molecule has 1 saturated carbocycles. The van der Waals surface area contributed by atoms with Gasteiger partial charge in [0.1, 0.15) is 0 Å². The van der Waals surface area contributed by atoms with Crippen LogP contribution in [0.5, 0.6) is 0 Å². The Kier molecular flexibility index (Phi) is 2.30. The van der Waals surface area contributed by atoms with Gasteiger partial charge in [0.2, 0.25) is 0 Å². The third kappa shape index (κ3) is 1.99. The molecule has 1 aliphatic heterocycles. The lowest BCUT2D eigenvalue weighted by molar-refractivity contribution is 0.382. The van der Waals surface area contributed by atoms with E-state index >= 15 is 0 Å². The zero-order chi connectivity index (χ0) is 11.2. The van der Waals surface area contributed by atoms with E-state index in [4.69, 9.17) is 5.73 Å². The first-order valence-corrected chi connectivity index (χ1v) is 6.15. The quantitative estimate of drug-likeness (QED) is 0.819. The van der Waals surface area contributed by atoms with Crippen molar-refractivity contribution >= 4 is 0 Å². The van der Waals surface area contributed by atoms with E-state index in [9.17, 15) is 0 Å². The van der Waals surface area contributed by atoms with Gasteiger partial charge >= 0.3 is 0 Å². The van der Waals surface area contributed by atoms with Gasteiger partial charge in [-0.05, 0) is 44.8 Å². The molecule has 2 aliphatic rings. The summed E-state index contributed by atoms with van der Waals surface area (Å²) in [5.74, 6) is 0. The molecule has 1 aromatic rings. The lowest BCUT2D eigenvalue weighted by atomic mass is 10.1. The molecule has 1 aliphatic carbocycles. The fraction of sp³-hybridized carbons (Fsp3) is 0.750. The minimum atomic E-state index is 0.0976. The maximum Gasteiger partial charge on any atom is 0.0658 e. The number of nitrogens with two attached hydrogens (primary N) is 1. The second-order valence-corrected chi connectivity index (χ2v) is 5.57. The number of likely N-dealkylation sites (N-methyl/N-ethyl adjacent to an activating group) is 1. The van der Waals surface area contributed by atoms with Gasteiger partial charge in [-0.3, -0.25) is 4.68 Å². The number of aromatic nitrogens is 2. The Balaban J connectivity index is 1.68. The van der Waals surface area contributed by atoms with Crippen molar-refractivity contribution in [3.05, 3.63) is 18.0 Å². The molecule has 4 heteroatoms. The van der Waals surface area contributed by atoms with Crippen molar-refractivity contribution in [3.63, 3.8) is 0 Å². The standard InChI is InChI=1S/C12H20N4/c1-15-5-2-11(9-15)16-8-10(7-14-16)6-12(13)3-4-12/h7-8,11H,2-6,9,13H2,1H3. The van der Waals surface area contributed by atoms with E-state index in [2.05, 4.69) is 27.9 Å². The summed E-state index contributed by atoms with van der Waals surface area (Å²) in [6, 6.07) is 0.562. The molecule has 88 valence electrons. The summed E-state index contributed by atoms with van der Waals surface area (Å²) >= 11 is 0. The van der Waals surface area contributed by atoms with Crippen molar-refractivity contribution in [2.24, 2.45) is 5.73 Å². The fourth-order valence-corrected chi connectivity index (χ4v) is 2.54. The van der Waals surface area contributed by atoms with Crippen molar-refractivity contribution in [3.8, 4) is 0 Å². The predicted molar refractivity (Wildman–Crippen MR) is 63.2 cm³/mol. The Hall–Kier alpha value is -0.870. The summed E-state index contributed by atoms with van der Waals surface area (Å²) < 4.78 is 2.13. The molecule has 0 radical (unpaired) electrons. The van der Waals surface area contributed by atoms with Gasteiger partial charge in [0.25, 0.3) is 0 Å². The second-order valence-electron chi connectivity index (χ2n) is 5.57. The van der Waals surface area contributed by atoms with Gasteiger partial charge in [0.15, 0.2) is 0 Å². The second kappa shape index (κ2) is 3.57. The van der Waals surface area contributed by atoms with Gasteiger partial charge in [0, 0.05) is 18.3 Å². The molecule has 0 bridgehead atoms. The molecule has 3 rings (SSSR count). The summed E-state index contributed by atoms with van der Waals surface area (Å²) in [5.41, 5.74) is 7.52. The van der Waals surface area contributed by atoms with E-state index in [1.165, 1.54) is 31.4 Å². The Labute approximate surface area is 96.4 Å². The summed E-state index contributed by atoms with van der Waals surface area (Å²) in [5, 5.41) is 4.48. The molecule has 16 heavy (non-hydrogen) atoms. The smallest absolute Gasteiger partial charge is 0.0658 e. The Bertz CT molecular complexity index is 380. The molecule has 0 amide bonds. The molecule has 0 aromatic carbocycles. The van der Waals surface area contributed by atoms with Gasteiger partial charge in [-0.2, -0.15) is 5.10 Å². The van der Waals surface area contributed by atoms with Gasteiger partial charge in [-0.15, -0.1) is 0 Å². The first-order chi connectivity index (χ1) is 7.65. The SMILES string of the molecule is CN1CCC(n2cc(CC3(N)CC3)cn2)C1. The number of hydrogen-bond donors (Lipinski definition) is 1. The fourth-order valence-electron chi connectivity index (χ4n) is 2.54. The monoisotopic (exact) mass is 220 g/mol. The maximum absolute atomic E-state index is 6.12. The van der Waals surface area contributed by atoms with Crippen LogP contribution in [-0.2, 0) is 6.42 Å². The molecule has 4 nitrogen and oxygen atoms in total. The van der Waals surface area contributed by atoms with E-state index < -0.39 is 0 Å². The summed E-state index contributed by atoms with van der Waals surface area (Å²) in [6.07, 6.45) is 8.73. The summed E-state index contributed by atoms with van der Waals surface area (Å²) in [6.45, 7) is 2.30. The van der Waals surface area contributed by atoms with Crippen LogP contribution >= 0.6 is 0 Å².